The van der Waals surface area contributed by atoms with Crippen molar-refractivity contribution in [1.29, 1.82) is 0 Å². The average Bonchev–Trinajstić information content (AvgIpc) is 2.89. The molecular formula is C9H13N3O2. The first kappa shape index (κ1) is 9.21. The van der Waals surface area contributed by atoms with Crippen molar-refractivity contribution in [3.8, 4) is 5.88 Å². The normalized spacial score (nSPS) is 17.9. The fraction of sp³-hybridized carbons (Fsp3) is 0.556. The summed E-state index contributed by atoms with van der Waals surface area (Å²) in [5.41, 5.74) is 5.80. The van der Waals surface area contributed by atoms with Crippen molar-refractivity contribution in [3.63, 3.8) is 0 Å². The topological polar surface area (TPSA) is 81.0 Å². The first-order valence-corrected chi connectivity index (χ1v) is 4.51. The average molecular weight is 195 g/mol. The summed E-state index contributed by atoms with van der Waals surface area (Å²) in [7, 11) is 1.49. The monoisotopic (exact) mass is 195 g/mol. The highest BCUT2D eigenvalue weighted by atomic mass is 16.5. The second-order valence-corrected chi connectivity index (χ2v) is 3.70. The highest BCUT2D eigenvalue weighted by molar-refractivity contribution is 5.26. The lowest BCUT2D eigenvalue weighted by Gasteiger charge is -2.10. The summed E-state index contributed by atoms with van der Waals surface area (Å²) in [6.45, 7) is 1.67. The van der Waals surface area contributed by atoms with Crippen LogP contribution in [0.25, 0.3) is 0 Å². The van der Waals surface area contributed by atoms with Gasteiger partial charge in [-0.25, -0.2) is 0 Å². The molecule has 2 rings (SSSR count). The zero-order valence-corrected chi connectivity index (χ0v) is 8.26. The first-order valence-electron chi connectivity index (χ1n) is 4.51. The molecule has 1 aromatic heterocycles. The third-order valence-electron chi connectivity index (χ3n) is 2.56. The van der Waals surface area contributed by atoms with E-state index in [1.807, 2.05) is 0 Å². The molecule has 0 aliphatic heterocycles. The molecular weight excluding hydrogens is 182 g/mol. The molecule has 5 nitrogen and oxygen atoms in total. The van der Waals surface area contributed by atoms with E-state index in [1.165, 1.54) is 7.11 Å². The summed E-state index contributed by atoms with van der Waals surface area (Å²) in [6, 6.07) is 0. The molecule has 1 fully saturated rings. The minimum atomic E-state index is -0.430. The van der Waals surface area contributed by atoms with E-state index in [9.17, 15) is 4.79 Å². The maximum Gasteiger partial charge on any atom is 0.257 e. The quantitative estimate of drug-likeness (QED) is 0.697. The lowest BCUT2D eigenvalue weighted by Crippen LogP contribution is -2.27. The van der Waals surface area contributed by atoms with Crippen molar-refractivity contribution >= 4 is 0 Å². The van der Waals surface area contributed by atoms with Crippen LogP contribution in [0.3, 0.4) is 0 Å². The van der Waals surface area contributed by atoms with E-state index in [4.69, 9.17) is 10.5 Å². The first-order chi connectivity index (χ1) is 6.57. The fourth-order valence-corrected chi connectivity index (χ4v) is 1.32. The molecule has 0 amide bonds. The number of hydrogen-bond acceptors (Lipinski definition) is 4. The van der Waals surface area contributed by atoms with Crippen LogP contribution in [-0.4, -0.2) is 17.1 Å². The number of aromatic nitrogens is 2. The Morgan fingerprint density at radius 2 is 2.21 bits per heavy atom. The number of H-pyrrole nitrogens is 1. The van der Waals surface area contributed by atoms with Gasteiger partial charge < -0.3 is 15.5 Å². The highest BCUT2D eigenvalue weighted by Gasteiger charge is 2.43. The van der Waals surface area contributed by atoms with Gasteiger partial charge in [-0.05, 0) is 19.8 Å². The van der Waals surface area contributed by atoms with Gasteiger partial charge in [0.2, 0.25) is 5.88 Å². The van der Waals surface area contributed by atoms with Crippen LogP contribution in [0.1, 0.15) is 24.2 Å². The molecule has 0 unspecified atom stereocenters. The van der Waals surface area contributed by atoms with Crippen molar-refractivity contribution in [2.45, 2.75) is 25.3 Å². The smallest absolute Gasteiger partial charge is 0.257 e. The number of nitrogens with one attached hydrogen (secondary N) is 1. The minimum Gasteiger partial charge on any atom is -0.481 e. The second kappa shape index (κ2) is 2.81. The summed E-state index contributed by atoms with van der Waals surface area (Å²) in [5, 5.41) is 0. The third-order valence-corrected chi connectivity index (χ3v) is 2.56. The maximum atomic E-state index is 11.5. The van der Waals surface area contributed by atoms with Crippen molar-refractivity contribution in [2.75, 3.05) is 7.11 Å². The number of nitrogens with two attached hydrogens (primary N) is 1. The van der Waals surface area contributed by atoms with E-state index in [1.54, 1.807) is 6.92 Å². The van der Waals surface area contributed by atoms with E-state index in [-0.39, 0.29) is 5.56 Å². The standard InChI is InChI=1S/C9H13N3O2/c1-5-6(13)11-8(9(10)3-4-9)12-7(5)14-2/h3-4,10H2,1-2H3,(H,11,12,13). The predicted molar refractivity (Wildman–Crippen MR) is 51.2 cm³/mol. The van der Waals surface area contributed by atoms with Gasteiger partial charge in [-0.2, -0.15) is 4.98 Å². The Bertz CT molecular complexity index is 421. The molecule has 76 valence electrons. The van der Waals surface area contributed by atoms with Gasteiger partial charge in [0.25, 0.3) is 5.56 Å². The number of aromatic amines is 1. The van der Waals surface area contributed by atoms with Crippen molar-refractivity contribution in [1.82, 2.24) is 9.97 Å². The lowest BCUT2D eigenvalue weighted by molar-refractivity contribution is 0.387. The molecule has 0 aromatic carbocycles. The number of nitrogens with zero attached hydrogens (tertiary/aromatic N) is 1. The number of hydrogen-bond donors (Lipinski definition) is 2. The molecule has 0 saturated heterocycles. The fourth-order valence-electron chi connectivity index (χ4n) is 1.32. The highest BCUT2D eigenvalue weighted by Crippen LogP contribution is 2.40. The Labute approximate surface area is 81.3 Å². The largest absolute Gasteiger partial charge is 0.481 e. The van der Waals surface area contributed by atoms with Crippen LogP contribution in [0.15, 0.2) is 4.79 Å². The van der Waals surface area contributed by atoms with Crippen LogP contribution < -0.4 is 16.0 Å². The van der Waals surface area contributed by atoms with Crippen LogP contribution in [-0.2, 0) is 5.54 Å². The van der Waals surface area contributed by atoms with Gasteiger partial charge in [0.15, 0.2) is 0 Å². The molecule has 1 saturated carbocycles. The van der Waals surface area contributed by atoms with Crippen molar-refractivity contribution in [2.24, 2.45) is 5.73 Å². The molecule has 1 aliphatic carbocycles. The molecule has 0 atom stereocenters. The van der Waals surface area contributed by atoms with Crippen LogP contribution >= 0.6 is 0 Å². The van der Waals surface area contributed by atoms with Gasteiger partial charge in [-0.15, -0.1) is 0 Å². The van der Waals surface area contributed by atoms with Crippen LogP contribution in [0.4, 0.5) is 0 Å². The summed E-state index contributed by atoms with van der Waals surface area (Å²) in [5.74, 6) is 0.894. The van der Waals surface area contributed by atoms with Gasteiger partial charge in [0.1, 0.15) is 5.82 Å². The molecule has 14 heavy (non-hydrogen) atoms. The van der Waals surface area contributed by atoms with Crippen molar-refractivity contribution < 1.29 is 4.74 Å². The third kappa shape index (κ3) is 1.29. The Balaban J connectivity index is 2.54. The zero-order valence-electron chi connectivity index (χ0n) is 8.26. The van der Waals surface area contributed by atoms with Crippen LogP contribution in [0, 0.1) is 6.92 Å². The van der Waals surface area contributed by atoms with E-state index < -0.39 is 5.54 Å². The maximum absolute atomic E-state index is 11.5. The Morgan fingerprint density at radius 1 is 1.57 bits per heavy atom. The Morgan fingerprint density at radius 3 is 2.71 bits per heavy atom. The molecule has 1 heterocycles. The Kier molecular flexibility index (Phi) is 1.85. The molecule has 5 heteroatoms. The van der Waals surface area contributed by atoms with E-state index in [0.29, 0.717) is 17.3 Å². The lowest BCUT2D eigenvalue weighted by atomic mass is 10.2. The molecule has 3 N–H and O–H groups in total. The molecule has 1 aromatic rings. The molecule has 0 spiro atoms. The minimum absolute atomic E-state index is 0.177. The Hall–Kier alpha value is -1.36. The summed E-state index contributed by atoms with van der Waals surface area (Å²) < 4.78 is 5.00. The number of ether oxygens (including phenoxy) is 1. The molecule has 0 bridgehead atoms. The molecule has 0 radical (unpaired) electrons. The van der Waals surface area contributed by atoms with E-state index in [0.717, 1.165) is 12.8 Å². The second-order valence-electron chi connectivity index (χ2n) is 3.70. The summed E-state index contributed by atoms with van der Waals surface area (Å²) in [4.78, 5) is 18.3. The van der Waals surface area contributed by atoms with Gasteiger partial charge in [-0.1, -0.05) is 0 Å². The van der Waals surface area contributed by atoms with E-state index >= 15 is 0 Å². The van der Waals surface area contributed by atoms with Gasteiger partial charge >= 0.3 is 0 Å². The van der Waals surface area contributed by atoms with Gasteiger partial charge in [0.05, 0.1) is 18.2 Å². The number of rotatable bonds is 2. The van der Waals surface area contributed by atoms with Gasteiger partial charge in [0, 0.05) is 0 Å². The summed E-state index contributed by atoms with van der Waals surface area (Å²) in [6.07, 6.45) is 1.73. The summed E-state index contributed by atoms with van der Waals surface area (Å²) >= 11 is 0. The van der Waals surface area contributed by atoms with Crippen LogP contribution in [0.5, 0.6) is 5.88 Å². The number of methoxy groups -OCH3 is 1. The zero-order chi connectivity index (χ0) is 10.3. The predicted octanol–water partition coefficient (Wildman–Crippen LogP) is 0.0347. The molecule has 1 aliphatic rings. The van der Waals surface area contributed by atoms with Crippen LogP contribution in [0.2, 0.25) is 0 Å². The van der Waals surface area contributed by atoms with E-state index in [2.05, 4.69) is 9.97 Å². The van der Waals surface area contributed by atoms with Gasteiger partial charge in [-0.3, -0.25) is 4.79 Å². The SMILES string of the molecule is COc1nc(C2(N)CC2)[nH]c(=O)c1C. The van der Waals surface area contributed by atoms with Crippen molar-refractivity contribution in [3.05, 3.63) is 21.7 Å².